The summed E-state index contributed by atoms with van der Waals surface area (Å²) in [6.07, 6.45) is 3.77. The summed E-state index contributed by atoms with van der Waals surface area (Å²) >= 11 is 0. The zero-order valence-corrected chi connectivity index (χ0v) is 19.8. The maximum Gasteiger partial charge on any atom is 0.331 e. The number of esters is 2. The average Bonchev–Trinajstić information content (AvgIpc) is 3.06. The zero-order valence-electron chi connectivity index (χ0n) is 19.8. The Kier molecular flexibility index (Phi) is 6.73. The van der Waals surface area contributed by atoms with E-state index in [-0.39, 0.29) is 5.97 Å². The number of allylic oxidation sites excluding steroid dienone is 2. The first kappa shape index (κ1) is 23.5. The summed E-state index contributed by atoms with van der Waals surface area (Å²) in [5.74, 6) is -1.14. The molecule has 1 aliphatic rings. The number of hydrogen-bond donors (Lipinski definition) is 0. The van der Waals surface area contributed by atoms with Crippen LogP contribution < -0.4 is 0 Å². The van der Waals surface area contributed by atoms with E-state index in [0.29, 0.717) is 6.42 Å². The van der Waals surface area contributed by atoms with E-state index < -0.39 is 23.1 Å². The molecule has 3 rings (SSSR count). The molecule has 4 nitrogen and oxygen atoms in total. The van der Waals surface area contributed by atoms with Gasteiger partial charge in [0.15, 0.2) is 0 Å². The van der Waals surface area contributed by atoms with E-state index >= 15 is 0 Å². The molecule has 1 aliphatic carbocycles. The van der Waals surface area contributed by atoms with Crippen LogP contribution in [0, 0.1) is 5.92 Å². The van der Waals surface area contributed by atoms with Gasteiger partial charge in [0, 0.05) is 6.08 Å². The molecule has 0 amide bonds. The molecule has 0 saturated heterocycles. The minimum Gasteiger partial charge on any atom is -0.459 e. The van der Waals surface area contributed by atoms with Crippen molar-refractivity contribution in [3.8, 4) is 0 Å². The lowest BCUT2D eigenvalue weighted by atomic mass is 9.90. The quantitative estimate of drug-likeness (QED) is 0.439. The lowest BCUT2D eigenvalue weighted by Gasteiger charge is -2.24. The Morgan fingerprint density at radius 1 is 0.812 bits per heavy atom. The Balaban J connectivity index is 2.16. The van der Waals surface area contributed by atoms with Gasteiger partial charge in [-0.25, -0.2) is 4.79 Å². The van der Waals surface area contributed by atoms with Gasteiger partial charge in [-0.3, -0.25) is 4.79 Å². The van der Waals surface area contributed by atoms with Crippen LogP contribution in [-0.4, -0.2) is 23.1 Å². The number of hydrogen-bond acceptors (Lipinski definition) is 4. The van der Waals surface area contributed by atoms with Gasteiger partial charge in [0.2, 0.25) is 0 Å². The van der Waals surface area contributed by atoms with Gasteiger partial charge in [0.05, 0.1) is 5.92 Å². The zero-order chi connectivity index (χ0) is 23.5. The number of carbonyl (C=O) groups is 2. The maximum atomic E-state index is 13.2. The minimum atomic E-state index is -0.587. The van der Waals surface area contributed by atoms with Crippen LogP contribution in [0.15, 0.2) is 66.7 Å². The number of carbonyl (C=O) groups excluding carboxylic acids is 2. The van der Waals surface area contributed by atoms with Crippen molar-refractivity contribution in [3.05, 3.63) is 83.4 Å². The molecule has 0 bridgehead atoms. The highest BCUT2D eigenvalue weighted by atomic mass is 16.6. The second-order valence-corrected chi connectivity index (χ2v) is 10.0. The van der Waals surface area contributed by atoms with E-state index in [2.05, 4.69) is 0 Å². The fraction of sp³-hybridized carbons (Fsp3) is 0.357. The molecule has 0 heterocycles. The highest BCUT2D eigenvalue weighted by molar-refractivity contribution is 6.06. The molecule has 32 heavy (non-hydrogen) atoms. The van der Waals surface area contributed by atoms with Gasteiger partial charge in [-0.05, 0) is 81.9 Å². The number of benzene rings is 2. The summed E-state index contributed by atoms with van der Waals surface area (Å²) in [5, 5.41) is 0. The molecule has 2 aromatic carbocycles. The number of ether oxygens (including phenoxy) is 2. The summed E-state index contributed by atoms with van der Waals surface area (Å²) < 4.78 is 11.2. The Labute approximate surface area is 190 Å². The first-order valence-corrected chi connectivity index (χ1v) is 11.0. The van der Waals surface area contributed by atoms with Crippen molar-refractivity contribution >= 4 is 23.1 Å². The van der Waals surface area contributed by atoms with Crippen LogP contribution in [0.2, 0.25) is 0 Å². The maximum absolute atomic E-state index is 13.2. The van der Waals surface area contributed by atoms with Crippen molar-refractivity contribution in [3.63, 3.8) is 0 Å². The van der Waals surface area contributed by atoms with Crippen molar-refractivity contribution in [2.75, 3.05) is 0 Å². The van der Waals surface area contributed by atoms with E-state index in [1.165, 1.54) is 6.08 Å². The first-order chi connectivity index (χ1) is 14.9. The summed E-state index contributed by atoms with van der Waals surface area (Å²) in [6.45, 7) is 11.1. The molecule has 0 spiro atoms. The molecule has 1 unspecified atom stereocenters. The number of rotatable bonds is 4. The smallest absolute Gasteiger partial charge is 0.331 e. The Hall–Kier alpha value is -3.14. The SMILES string of the molecule is CC(C)(C)OC(=O)/C=C/C(=C1/c2ccccc2CC1C(=O)OC(C)(C)C)c1ccccc1. The van der Waals surface area contributed by atoms with Crippen LogP contribution in [0.4, 0.5) is 0 Å². The van der Waals surface area contributed by atoms with Crippen molar-refractivity contribution in [1.29, 1.82) is 0 Å². The predicted molar refractivity (Wildman–Crippen MR) is 128 cm³/mol. The molecule has 168 valence electrons. The summed E-state index contributed by atoms with van der Waals surface area (Å²) in [4.78, 5) is 25.7. The minimum absolute atomic E-state index is 0.261. The molecular weight excluding hydrogens is 400 g/mol. The average molecular weight is 433 g/mol. The van der Waals surface area contributed by atoms with Gasteiger partial charge in [0.1, 0.15) is 11.2 Å². The van der Waals surface area contributed by atoms with Gasteiger partial charge in [-0.2, -0.15) is 0 Å². The molecule has 2 aromatic rings. The van der Waals surface area contributed by atoms with Crippen molar-refractivity contribution in [2.24, 2.45) is 5.92 Å². The van der Waals surface area contributed by atoms with Gasteiger partial charge in [-0.15, -0.1) is 0 Å². The van der Waals surface area contributed by atoms with Gasteiger partial charge in [0.25, 0.3) is 0 Å². The molecule has 0 fully saturated rings. The summed E-state index contributed by atoms with van der Waals surface area (Å²) in [7, 11) is 0. The molecule has 0 aromatic heterocycles. The third kappa shape index (κ3) is 5.97. The number of fused-ring (bicyclic) bond motifs is 1. The molecule has 0 radical (unpaired) electrons. The van der Waals surface area contributed by atoms with Gasteiger partial charge < -0.3 is 9.47 Å². The van der Waals surface area contributed by atoms with Gasteiger partial charge >= 0.3 is 11.9 Å². The lowest BCUT2D eigenvalue weighted by Crippen LogP contribution is -2.29. The second kappa shape index (κ2) is 9.15. The van der Waals surface area contributed by atoms with Gasteiger partial charge in [-0.1, -0.05) is 54.6 Å². The second-order valence-electron chi connectivity index (χ2n) is 10.0. The molecule has 1 atom stereocenters. The Bertz CT molecular complexity index is 1050. The fourth-order valence-corrected chi connectivity index (χ4v) is 3.82. The third-order valence-electron chi connectivity index (χ3n) is 4.94. The monoisotopic (exact) mass is 432 g/mol. The van der Waals surface area contributed by atoms with Crippen LogP contribution >= 0.6 is 0 Å². The Morgan fingerprint density at radius 3 is 2.03 bits per heavy atom. The lowest BCUT2D eigenvalue weighted by molar-refractivity contribution is -0.157. The highest BCUT2D eigenvalue weighted by Gasteiger charge is 2.37. The van der Waals surface area contributed by atoms with Crippen LogP contribution in [-0.2, 0) is 25.5 Å². The first-order valence-electron chi connectivity index (χ1n) is 11.0. The van der Waals surface area contributed by atoms with Crippen molar-refractivity contribution < 1.29 is 19.1 Å². The predicted octanol–water partition coefficient (Wildman–Crippen LogP) is 6.01. The van der Waals surface area contributed by atoms with Crippen LogP contribution in [0.1, 0.15) is 58.2 Å². The third-order valence-corrected chi connectivity index (χ3v) is 4.94. The molecule has 0 saturated carbocycles. The van der Waals surface area contributed by atoms with E-state index in [1.807, 2.05) is 96.1 Å². The van der Waals surface area contributed by atoms with Crippen LogP contribution in [0.5, 0.6) is 0 Å². The summed E-state index contributed by atoms with van der Waals surface area (Å²) in [5.41, 5.74) is 3.55. The normalized spacial score (nSPS) is 17.8. The van der Waals surface area contributed by atoms with Crippen molar-refractivity contribution in [2.45, 2.75) is 59.2 Å². The van der Waals surface area contributed by atoms with Crippen molar-refractivity contribution in [1.82, 2.24) is 0 Å². The molecule has 4 heteroatoms. The topological polar surface area (TPSA) is 52.6 Å². The highest BCUT2D eigenvalue weighted by Crippen LogP contribution is 2.43. The summed E-state index contributed by atoms with van der Waals surface area (Å²) in [6, 6.07) is 17.8. The van der Waals surface area contributed by atoms with Crippen LogP contribution in [0.3, 0.4) is 0 Å². The van der Waals surface area contributed by atoms with E-state index in [4.69, 9.17) is 9.47 Å². The molecule has 0 aliphatic heterocycles. The largest absolute Gasteiger partial charge is 0.459 e. The van der Waals surface area contributed by atoms with Crippen LogP contribution in [0.25, 0.3) is 11.1 Å². The Morgan fingerprint density at radius 2 is 1.41 bits per heavy atom. The van der Waals surface area contributed by atoms with E-state index in [0.717, 1.165) is 27.8 Å². The fourth-order valence-electron chi connectivity index (χ4n) is 3.82. The molecule has 0 N–H and O–H groups in total. The standard InChI is InChI=1S/C28H32O4/c1-27(2,3)31-24(29)17-16-22(19-12-8-7-9-13-19)25-21-15-11-10-14-20(21)18-23(25)26(30)32-28(4,5)6/h7-17,23H,18H2,1-6H3/b17-16+,25-22+. The van der Waals surface area contributed by atoms with E-state index in [9.17, 15) is 9.59 Å². The van der Waals surface area contributed by atoms with E-state index in [1.54, 1.807) is 6.08 Å². The molecular formula is C28H32O4.